The Kier molecular flexibility index (Phi) is 4.10. The molecule has 0 aliphatic carbocycles. The summed E-state index contributed by atoms with van der Waals surface area (Å²) >= 11 is 1.68. The molecule has 0 fully saturated rings. The van der Waals surface area contributed by atoms with Crippen molar-refractivity contribution in [3.05, 3.63) is 36.0 Å². The first-order chi connectivity index (χ1) is 10.3. The van der Waals surface area contributed by atoms with E-state index in [0.29, 0.717) is 18.2 Å². The Morgan fingerprint density at radius 1 is 1.48 bits per heavy atom. The van der Waals surface area contributed by atoms with Gasteiger partial charge in [-0.3, -0.25) is 4.79 Å². The number of thioether (sulfide) groups is 1. The van der Waals surface area contributed by atoms with Crippen LogP contribution < -0.4 is 4.74 Å². The average molecular weight is 306 g/mol. The minimum Gasteiger partial charge on any atom is -0.480 e. The Balaban J connectivity index is 1.69. The summed E-state index contributed by atoms with van der Waals surface area (Å²) in [5, 5.41) is 3.89. The van der Waals surface area contributed by atoms with Gasteiger partial charge in [0.1, 0.15) is 12.2 Å². The maximum Gasteiger partial charge on any atom is 0.315 e. The summed E-state index contributed by atoms with van der Waals surface area (Å²) in [6.07, 6.45) is -0.290. The second kappa shape index (κ2) is 6.17. The third kappa shape index (κ3) is 3.18. The monoisotopic (exact) mass is 306 g/mol. The van der Waals surface area contributed by atoms with E-state index in [1.807, 2.05) is 24.3 Å². The van der Waals surface area contributed by atoms with Crippen molar-refractivity contribution in [2.45, 2.75) is 24.3 Å². The van der Waals surface area contributed by atoms with Crippen LogP contribution in [-0.2, 0) is 16.0 Å². The first-order valence-electron chi connectivity index (χ1n) is 6.63. The minimum absolute atomic E-state index is 0.0166. The Bertz CT molecular complexity index is 643. The van der Waals surface area contributed by atoms with Crippen molar-refractivity contribution in [3.8, 4) is 5.75 Å². The van der Waals surface area contributed by atoms with Gasteiger partial charge in [-0.25, -0.2) is 0 Å². The molecule has 1 aliphatic rings. The fourth-order valence-corrected chi connectivity index (χ4v) is 2.93. The first-order valence-corrected chi connectivity index (χ1v) is 7.61. The topological polar surface area (TPSA) is 74.5 Å². The maximum absolute atomic E-state index is 11.4. The minimum atomic E-state index is -0.378. The van der Waals surface area contributed by atoms with Crippen LogP contribution in [0.3, 0.4) is 0 Å². The van der Waals surface area contributed by atoms with Crippen molar-refractivity contribution in [1.29, 1.82) is 0 Å². The second-order valence-electron chi connectivity index (χ2n) is 4.39. The van der Waals surface area contributed by atoms with E-state index in [2.05, 4.69) is 10.1 Å². The highest BCUT2D eigenvalue weighted by molar-refractivity contribution is 7.99. The molecule has 0 amide bonds. The Hall–Kier alpha value is -2.02. The molecule has 1 aromatic carbocycles. The summed E-state index contributed by atoms with van der Waals surface area (Å²) in [6, 6.07) is 7.82. The van der Waals surface area contributed by atoms with Crippen molar-refractivity contribution in [3.63, 3.8) is 0 Å². The van der Waals surface area contributed by atoms with Crippen LogP contribution in [-0.4, -0.2) is 28.5 Å². The van der Waals surface area contributed by atoms with E-state index < -0.39 is 0 Å². The fourth-order valence-electron chi connectivity index (χ4n) is 1.95. The van der Waals surface area contributed by atoms with Gasteiger partial charge in [0.25, 0.3) is 0 Å². The van der Waals surface area contributed by atoms with Gasteiger partial charge in [-0.15, -0.1) is 11.8 Å². The van der Waals surface area contributed by atoms with Crippen LogP contribution in [0.2, 0.25) is 0 Å². The highest BCUT2D eigenvalue weighted by atomic mass is 32.2. The average Bonchev–Trinajstić information content (AvgIpc) is 2.95. The SMILES string of the molecule is CCOC(=O)Cc1nc(C2CSc3ccccc3O2)no1. The first kappa shape index (κ1) is 13.9. The Morgan fingerprint density at radius 2 is 2.33 bits per heavy atom. The molecular formula is C14H14N2O4S. The number of para-hydroxylation sites is 1. The van der Waals surface area contributed by atoms with E-state index in [-0.39, 0.29) is 24.4 Å². The van der Waals surface area contributed by atoms with Crippen LogP contribution in [0.4, 0.5) is 0 Å². The lowest BCUT2D eigenvalue weighted by molar-refractivity contribution is -0.142. The van der Waals surface area contributed by atoms with Gasteiger partial charge in [-0.05, 0) is 19.1 Å². The molecule has 0 saturated heterocycles. The van der Waals surface area contributed by atoms with Crippen LogP contribution in [0.15, 0.2) is 33.7 Å². The van der Waals surface area contributed by atoms with Gasteiger partial charge in [0, 0.05) is 10.6 Å². The molecule has 0 bridgehead atoms. The summed E-state index contributed by atoms with van der Waals surface area (Å²) in [6.45, 7) is 2.08. The van der Waals surface area contributed by atoms with E-state index in [4.69, 9.17) is 14.0 Å². The largest absolute Gasteiger partial charge is 0.480 e. The van der Waals surface area contributed by atoms with E-state index in [1.165, 1.54) is 0 Å². The predicted octanol–water partition coefficient (Wildman–Crippen LogP) is 2.40. The fraction of sp³-hybridized carbons (Fsp3) is 0.357. The molecule has 110 valence electrons. The van der Waals surface area contributed by atoms with Gasteiger partial charge in [-0.1, -0.05) is 17.3 Å². The number of aromatic nitrogens is 2. The normalized spacial score (nSPS) is 16.9. The lowest BCUT2D eigenvalue weighted by atomic mass is 10.3. The summed E-state index contributed by atoms with van der Waals surface area (Å²) in [5.41, 5.74) is 0. The molecule has 1 unspecified atom stereocenters. The number of ether oxygens (including phenoxy) is 2. The van der Waals surface area contributed by atoms with Gasteiger partial charge in [-0.2, -0.15) is 4.98 Å². The molecule has 2 heterocycles. The molecule has 6 nitrogen and oxygen atoms in total. The van der Waals surface area contributed by atoms with Crippen LogP contribution in [0.25, 0.3) is 0 Å². The molecular weight excluding hydrogens is 292 g/mol. The molecule has 1 aromatic heterocycles. The molecule has 1 aliphatic heterocycles. The van der Waals surface area contributed by atoms with Gasteiger partial charge >= 0.3 is 5.97 Å². The molecule has 0 radical (unpaired) electrons. The molecule has 21 heavy (non-hydrogen) atoms. The number of benzene rings is 1. The third-order valence-corrected chi connectivity index (χ3v) is 4.00. The smallest absolute Gasteiger partial charge is 0.315 e. The highest BCUT2D eigenvalue weighted by Crippen LogP contribution is 2.39. The molecule has 3 rings (SSSR count). The van der Waals surface area contributed by atoms with Gasteiger partial charge in [0.05, 0.1) is 6.61 Å². The highest BCUT2D eigenvalue weighted by Gasteiger charge is 2.26. The quantitative estimate of drug-likeness (QED) is 0.803. The molecule has 2 aromatic rings. The standard InChI is InChI=1S/C14H14N2O4S/c1-2-18-13(17)7-12-15-14(16-20-12)10-8-21-11-6-4-3-5-9(11)19-10/h3-6,10H,2,7-8H2,1H3. The van der Waals surface area contributed by atoms with E-state index >= 15 is 0 Å². The molecule has 0 saturated carbocycles. The lowest BCUT2D eigenvalue weighted by Gasteiger charge is -2.22. The lowest BCUT2D eigenvalue weighted by Crippen LogP contribution is -2.16. The zero-order valence-electron chi connectivity index (χ0n) is 11.4. The Labute approximate surface area is 125 Å². The zero-order chi connectivity index (χ0) is 14.7. The van der Waals surface area contributed by atoms with Crippen LogP contribution in [0.1, 0.15) is 24.7 Å². The summed E-state index contributed by atoms with van der Waals surface area (Å²) < 4.78 is 15.8. The number of hydrogen-bond acceptors (Lipinski definition) is 7. The van der Waals surface area contributed by atoms with Crippen molar-refractivity contribution in [2.75, 3.05) is 12.4 Å². The van der Waals surface area contributed by atoms with Crippen LogP contribution in [0.5, 0.6) is 5.75 Å². The molecule has 7 heteroatoms. The summed E-state index contributed by atoms with van der Waals surface area (Å²) in [5.74, 6) is 1.84. The van der Waals surface area contributed by atoms with Crippen molar-refractivity contribution < 1.29 is 18.8 Å². The number of carbonyl (C=O) groups excluding carboxylic acids is 1. The number of hydrogen-bond donors (Lipinski definition) is 0. The predicted molar refractivity (Wildman–Crippen MR) is 75.2 cm³/mol. The van der Waals surface area contributed by atoms with Crippen molar-refractivity contribution in [1.82, 2.24) is 10.1 Å². The van der Waals surface area contributed by atoms with Crippen LogP contribution in [0, 0.1) is 0 Å². The number of fused-ring (bicyclic) bond motifs is 1. The zero-order valence-corrected chi connectivity index (χ0v) is 12.3. The molecule has 0 spiro atoms. The van der Waals surface area contributed by atoms with Crippen molar-refractivity contribution in [2.24, 2.45) is 0 Å². The maximum atomic E-state index is 11.4. The molecule has 0 N–H and O–H groups in total. The Morgan fingerprint density at radius 3 is 3.19 bits per heavy atom. The summed E-state index contributed by atoms with van der Waals surface area (Å²) in [4.78, 5) is 16.7. The third-order valence-electron chi connectivity index (χ3n) is 2.88. The number of rotatable bonds is 4. The molecule has 1 atom stereocenters. The van der Waals surface area contributed by atoms with Gasteiger partial charge in [0.2, 0.25) is 11.7 Å². The number of carbonyl (C=O) groups is 1. The van der Waals surface area contributed by atoms with Gasteiger partial charge < -0.3 is 14.0 Å². The van der Waals surface area contributed by atoms with E-state index in [9.17, 15) is 4.79 Å². The van der Waals surface area contributed by atoms with E-state index in [0.717, 1.165) is 10.6 Å². The van der Waals surface area contributed by atoms with Gasteiger partial charge in [0.15, 0.2) is 6.10 Å². The summed E-state index contributed by atoms with van der Waals surface area (Å²) in [7, 11) is 0. The number of nitrogens with zero attached hydrogens (tertiary/aromatic N) is 2. The van der Waals surface area contributed by atoms with E-state index in [1.54, 1.807) is 18.7 Å². The second-order valence-corrected chi connectivity index (χ2v) is 5.45. The number of esters is 1. The van der Waals surface area contributed by atoms with Crippen LogP contribution >= 0.6 is 11.8 Å². The van der Waals surface area contributed by atoms with Crippen molar-refractivity contribution >= 4 is 17.7 Å².